The average molecular weight is 287 g/mol. The van der Waals surface area contributed by atoms with Crippen molar-refractivity contribution in [3.05, 3.63) is 17.0 Å². The van der Waals surface area contributed by atoms with Crippen molar-refractivity contribution in [1.82, 2.24) is 15.3 Å². The molecule has 0 spiro atoms. The van der Waals surface area contributed by atoms with E-state index < -0.39 is 0 Å². The summed E-state index contributed by atoms with van der Waals surface area (Å²) in [5.74, 6) is 0.539. The molecule has 0 aliphatic carbocycles. The van der Waals surface area contributed by atoms with Crippen molar-refractivity contribution in [3.8, 4) is 0 Å². The van der Waals surface area contributed by atoms with Gasteiger partial charge in [-0.25, -0.2) is 9.97 Å². The zero-order valence-corrected chi connectivity index (χ0v) is 11.1. The van der Waals surface area contributed by atoms with E-state index in [0.717, 1.165) is 4.47 Å². The van der Waals surface area contributed by atoms with Gasteiger partial charge in [-0.1, -0.05) is 0 Å². The van der Waals surface area contributed by atoms with Crippen molar-refractivity contribution in [2.24, 2.45) is 0 Å². The minimum Gasteiger partial charge on any atom is -0.360 e. The van der Waals surface area contributed by atoms with Crippen LogP contribution in [-0.4, -0.2) is 28.0 Å². The van der Waals surface area contributed by atoms with Gasteiger partial charge in [0.05, 0.1) is 11.0 Å². The molecule has 0 fully saturated rings. The smallest absolute Gasteiger partial charge is 0.239 e. The summed E-state index contributed by atoms with van der Waals surface area (Å²) in [5.41, 5.74) is -0.221. The van der Waals surface area contributed by atoms with Crippen LogP contribution >= 0.6 is 15.9 Å². The normalized spacial score (nSPS) is 11.0. The highest BCUT2D eigenvalue weighted by Gasteiger charge is 2.13. The van der Waals surface area contributed by atoms with Gasteiger partial charge < -0.3 is 10.6 Å². The minimum atomic E-state index is -0.221. The van der Waals surface area contributed by atoms with Crippen molar-refractivity contribution in [1.29, 1.82) is 0 Å². The fraction of sp³-hybridized carbons (Fsp3) is 0.500. The SMILES string of the molecule is CC(C)(C)NC(=O)CNc1ncncc1Br. The molecule has 1 amide bonds. The second kappa shape index (κ2) is 5.25. The lowest BCUT2D eigenvalue weighted by atomic mass is 10.1. The molecule has 0 atom stereocenters. The van der Waals surface area contributed by atoms with Gasteiger partial charge in [-0.2, -0.15) is 0 Å². The van der Waals surface area contributed by atoms with Gasteiger partial charge in [-0.3, -0.25) is 4.79 Å². The van der Waals surface area contributed by atoms with E-state index in [1.807, 2.05) is 20.8 Å². The van der Waals surface area contributed by atoms with Crippen LogP contribution in [-0.2, 0) is 4.79 Å². The second-order valence-corrected chi connectivity index (χ2v) is 5.23. The fourth-order valence-corrected chi connectivity index (χ4v) is 1.43. The van der Waals surface area contributed by atoms with E-state index in [0.29, 0.717) is 5.82 Å². The zero-order chi connectivity index (χ0) is 12.2. The summed E-state index contributed by atoms with van der Waals surface area (Å²) in [6, 6.07) is 0. The van der Waals surface area contributed by atoms with Crippen LogP contribution in [0.15, 0.2) is 17.0 Å². The van der Waals surface area contributed by atoms with Crippen molar-refractivity contribution in [2.45, 2.75) is 26.3 Å². The third-order valence-corrected chi connectivity index (χ3v) is 2.18. The first-order valence-electron chi connectivity index (χ1n) is 4.89. The first-order valence-corrected chi connectivity index (χ1v) is 5.68. The molecule has 0 saturated carbocycles. The van der Waals surface area contributed by atoms with E-state index in [-0.39, 0.29) is 18.0 Å². The maximum atomic E-state index is 11.5. The predicted octanol–water partition coefficient (Wildman–Crippen LogP) is 1.57. The van der Waals surface area contributed by atoms with Crippen LogP contribution in [0, 0.1) is 0 Å². The molecule has 0 saturated heterocycles. The Morgan fingerprint density at radius 2 is 2.19 bits per heavy atom. The van der Waals surface area contributed by atoms with Crippen LogP contribution in [0.25, 0.3) is 0 Å². The number of halogens is 1. The van der Waals surface area contributed by atoms with Gasteiger partial charge in [0, 0.05) is 11.7 Å². The van der Waals surface area contributed by atoms with Gasteiger partial charge >= 0.3 is 0 Å². The molecule has 0 radical (unpaired) electrons. The van der Waals surface area contributed by atoms with Crippen LogP contribution in [0.3, 0.4) is 0 Å². The molecule has 0 bridgehead atoms. The first-order chi connectivity index (χ1) is 7.38. The zero-order valence-electron chi connectivity index (χ0n) is 9.54. The Balaban J connectivity index is 2.47. The van der Waals surface area contributed by atoms with Crippen molar-refractivity contribution in [2.75, 3.05) is 11.9 Å². The van der Waals surface area contributed by atoms with Gasteiger partial charge in [0.25, 0.3) is 0 Å². The third-order valence-electron chi connectivity index (χ3n) is 1.60. The number of anilines is 1. The standard InChI is InChI=1S/C10H15BrN4O/c1-10(2,3)15-8(16)5-13-9-7(11)4-12-6-14-9/h4,6H,5H2,1-3H3,(H,15,16)(H,12,13,14). The van der Waals surface area contributed by atoms with Crippen molar-refractivity contribution in [3.63, 3.8) is 0 Å². The summed E-state index contributed by atoms with van der Waals surface area (Å²) in [4.78, 5) is 19.3. The Kier molecular flexibility index (Phi) is 4.23. The lowest BCUT2D eigenvalue weighted by Gasteiger charge is -2.20. The molecule has 0 unspecified atom stereocenters. The number of nitrogens with zero attached hydrogens (tertiary/aromatic N) is 2. The molecule has 6 heteroatoms. The summed E-state index contributed by atoms with van der Waals surface area (Å²) < 4.78 is 0.735. The van der Waals surface area contributed by atoms with E-state index in [1.54, 1.807) is 6.20 Å². The highest BCUT2D eigenvalue weighted by molar-refractivity contribution is 9.10. The molecule has 2 N–H and O–H groups in total. The van der Waals surface area contributed by atoms with Gasteiger partial charge in [-0.15, -0.1) is 0 Å². The molecule has 88 valence electrons. The number of carbonyl (C=O) groups excluding carboxylic acids is 1. The first kappa shape index (κ1) is 12.9. The van der Waals surface area contributed by atoms with E-state index in [4.69, 9.17) is 0 Å². The summed E-state index contributed by atoms with van der Waals surface area (Å²) in [6.07, 6.45) is 3.05. The van der Waals surface area contributed by atoms with E-state index in [2.05, 4.69) is 36.5 Å². The maximum absolute atomic E-state index is 11.5. The number of nitrogens with one attached hydrogen (secondary N) is 2. The molecule has 1 rings (SSSR count). The van der Waals surface area contributed by atoms with Crippen LogP contribution in [0.5, 0.6) is 0 Å². The third kappa shape index (κ3) is 4.57. The fourth-order valence-electron chi connectivity index (χ4n) is 1.07. The monoisotopic (exact) mass is 286 g/mol. The van der Waals surface area contributed by atoms with Gasteiger partial charge in [0.15, 0.2) is 0 Å². The Hall–Kier alpha value is -1.17. The van der Waals surface area contributed by atoms with Gasteiger partial charge in [-0.05, 0) is 36.7 Å². The molecular weight excluding hydrogens is 272 g/mol. The second-order valence-electron chi connectivity index (χ2n) is 4.37. The number of amides is 1. The molecule has 1 aromatic rings. The Morgan fingerprint density at radius 1 is 1.50 bits per heavy atom. The number of hydrogen-bond donors (Lipinski definition) is 2. The highest BCUT2D eigenvalue weighted by Crippen LogP contribution is 2.16. The lowest BCUT2D eigenvalue weighted by Crippen LogP contribution is -2.43. The Labute approximate surface area is 103 Å². The molecular formula is C10H15BrN4O. The van der Waals surface area contributed by atoms with E-state index in [9.17, 15) is 4.79 Å². The molecule has 16 heavy (non-hydrogen) atoms. The number of rotatable bonds is 3. The molecule has 5 nitrogen and oxygen atoms in total. The van der Waals surface area contributed by atoms with E-state index >= 15 is 0 Å². The van der Waals surface area contributed by atoms with Gasteiger partial charge in [0.1, 0.15) is 12.1 Å². The molecule has 1 aromatic heterocycles. The number of carbonyl (C=O) groups is 1. The summed E-state index contributed by atoms with van der Waals surface area (Å²) in [5, 5.41) is 5.77. The molecule has 0 aliphatic rings. The number of hydrogen-bond acceptors (Lipinski definition) is 4. The van der Waals surface area contributed by atoms with Gasteiger partial charge in [0.2, 0.25) is 5.91 Å². The maximum Gasteiger partial charge on any atom is 0.239 e. The summed E-state index contributed by atoms with van der Waals surface area (Å²) >= 11 is 3.29. The van der Waals surface area contributed by atoms with Crippen molar-refractivity contribution < 1.29 is 4.79 Å². The summed E-state index contributed by atoms with van der Waals surface area (Å²) in [7, 11) is 0. The van der Waals surface area contributed by atoms with Crippen LogP contribution in [0.1, 0.15) is 20.8 Å². The Morgan fingerprint density at radius 3 is 2.75 bits per heavy atom. The molecule has 0 aliphatic heterocycles. The van der Waals surface area contributed by atoms with Crippen LogP contribution in [0.4, 0.5) is 5.82 Å². The number of aromatic nitrogens is 2. The quantitative estimate of drug-likeness (QED) is 0.885. The highest BCUT2D eigenvalue weighted by atomic mass is 79.9. The summed E-state index contributed by atoms with van der Waals surface area (Å²) in [6.45, 7) is 6.00. The average Bonchev–Trinajstić information content (AvgIpc) is 2.14. The predicted molar refractivity (Wildman–Crippen MR) is 66.1 cm³/mol. The molecule has 1 heterocycles. The Bertz CT molecular complexity index is 375. The van der Waals surface area contributed by atoms with Crippen molar-refractivity contribution >= 4 is 27.7 Å². The van der Waals surface area contributed by atoms with Crippen LogP contribution < -0.4 is 10.6 Å². The van der Waals surface area contributed by atoms with Crippen LogP contribution in [0.2, 0.25) is 0 Å². The minimum absolute atomic E-state index is 0.0713. The largest absolute Gasteiger partial charge is 0.360 e. The van der Waals surface area contributed by atoms with E-state index in [1.165, 1.54) is 6.33 Å². The lowest BCUT2D eigenvalue weighted by molar-refractivity contribution is -0.120. The topological polar surface area (TPSA) is 66.9 Å². The molecule has 0 aromatic carbocycles.